The van der Waals surface area contributed by atoms with Crippen LogP contribution in [0.5, 0.6) is 0 Å². The van der Waals surface area contributed by atoms with Gasteiger partial charge in [0.1, 0.15) is 0 Å². The van der Waals surface area contributed by atoms with Crippen LogP contribution in [0.4, 0.5) is 0 Å². The van der Waals surface area contributed by atoms with E-state index in [0.29, 0.717) is 5.56 Å². The van der Waals surface area contributed by atoms with Gasteiger partial charge in [-0.3, -0.25) is 14.5 Å². The fraction of sp³-hybridized carbons (Fsp3) is 0.0625. The number of nitrogens with zero attached hydrogens (tertiary/aromatic N) is 3. The first-order valence-corrected chi connectivity index (χ1v) is 6.48. The Morgan fingerprint density at radius 3 is 2.24 bits per heavy atom. The van der Waals surface area contributed by atoms with Crippen LogP contribution in [0, 0.1) is 0 Å². The molecule has 0 aliphatic rings. The minimum absolute atomic E-state index is 0.427. The lowest BCUT2D eigenvalue weighted by Crippen LogP contribution is -2.10. The first-order chi connectivity index (χ1) is 10.1. The molecule has 1 aromatic carbocycles. The molecule has 104 valence electrons. The van der Waals surface area contributed by atoms with E-state index in [4.69, 9.17) is 5.73 Å². The average molecular weight is 278 g/mol. The summed E-state index contributed by atoms with van der Waals surface area (Å²) in [6, 6.07) is 9.21. The van der Waals surface area contributed by atoms with Crippen molar-refractivity contribution in [2.75, 3.05) is 0 Å². The molecule has 0 saturated heterocycles. The van der Waals surface area contributed by atoms with Gasteiger partial charge in [0.25, 0.3) is 0 Å². The monoisotopic (exact) mass is 278 g/mol. The zero-order chi connectivity index (χ0) is 14.8. The van der Waals surface area contributed by atoms with Crippen LogP contribution < -0.4 is 5.73 Å². The summed E-state index contributed by atoms with van der Waals surface area (Å²) >= 11 is 0. The topological polar surface area (TPSA) is 73.8 Å². The highest BCUT2D eigenvalue weighted by Gasteiger charge is 2.05. The number of carbonyl (C=O) groups excluding carboxylic acids is 1. The normalized spacial score (nSPS) is 10.5. The number of benzene rings is 1. The van der Waals surface area contributed by atoms with E-state index in [9.17, 15) is 4.79 Å². The predicted octanol–water partition coefficient (Wildman–Crippen LogP) is 2.25. The molecule has 2 N–H and O–H groups in total. The third-order valence-electron chi connectivity index (χ3n) is 3.28. The van der Waals surface area contributed by atoms with Crippen LogP contribution >= 0.6 is 0 Å². The summed E-state index contributed by atoms with van der Waals surface area (Å²) < 4.78 is 1.75. The van der Waals surface area contributed by atoms with Gasteiger partial charge in [0.15, 0.2) is 0 Å². The summed E-state index contributed by atoms with van der Waals surface area (Å²) in [5.74, 6) is -0.427. The number of nitrogens with two attached hydrogens (primary N) is 1. The van der Waals surface area contributed by atoms with E-state index in [1.54, 1.807) is 35.4 Å². The van der Waals surface area contributed by atoms with Gasteiger partial charge < -0.3 is 5.73 Å². The summed E-state index contributed by atoms with van der Waals surface area (Å²) in [4.78, 5) is 15.4. The first kappa shape index (κ1) is 13.1. The summed E-state index contributed by atoms with van der Waals surface area (Å²) in [5.41, 5.74) is 9.72. The lowest BCUT2D eigenvalue weighted by molar-refractivity contribution is 0.100. The van der Waals surface area contributed by atoms with Crippen LogP contribution in [0.2, 0.25) is 0 Å². The van der Waals surface area contributed by atoms with Crippen molar-refractivity contribution in [3.8, 4) is 22.3 Å². The highest BCUT2D eigenvalue weighted by molar-refractivity contribution is 5.93. The number of carbonyl (C=O) groups is 1. The van der Waals surface area contributed by atoms with E-state index in [0.717, 1.165) is 22.3 Å². The predicted molar refractivity (Wildman–Crippen MR) is 80.4 cm³/mol. The molecule has 21 heavy (non-hydrogen) atoms. The number of hydrogen-bond acceptors (Lipinski definition) is 3. The molecule has 0 saturated carbocycles. The molecule has 5 heteroatoms. The summed E-state index contributed by atoms with van der Waals surface area (Å²) in [5, 5.41) is 4.16. The van der Waals surface area contributed by atoms with Gasteiger partial charge in [-0.15, -0.1) is 0 Å². The molecule has 0 spiro atoms. The van der Waals surface area contributed by atoms with Crippen molar-refractivity contribution in [1.82, 2.24) is 14.8 Å². The molecule has 2 aromatic heterocycles. The van der Waals surface area contributed by atoms with Gasteiger partial charge in [-0.2, -0.15) is 5.10 Å². The second kappa shape index (κ2) is 5.20. The van der Waals surface area contributed by atoms with Gasteiger partial charge >= 0.3 is 0 Å². The van der Waals surface area contributed by atoms with Crippen molar-refractivity contribution in [3.63, 3.8) is 0 Å². The van der Waals surface area contributed by atoms with E-state index in [2.05, 4.69) is 10.1 Å². The van der Waals surface area contributed by atoms with Crippen LogP contribution in [0.25, 0.3) is 22.3 Å². The number of rotatable bonds is 3. The fourth-order valence-electron chi connectivity index (χ4n) is 2.15. The third-order valence-corrected chi connectivity index (χ3v) is 3.28. The quantitative estimate of drug-likeness (QED) is 0.798. The smallest absolute Gasteiger partial charge is 0.248 e. The number of aromatic nitrogens is 3. The van der Waals surface area contributed by atoms with Gasteiger partial charge in [0.2, 0.25) is 5.91 Å². The van der Waals surface area contributed by atoms with Crippen molar-refractivity contribution >= 4 is 5.91 Å². The number of pyridine rings is 1. The second-order valence-corrected chi connectivity index (χ2v) is 4.81. The standard InChI is InChI=1S/C16H14N4O/c1-20-10-15(9-19-20)14-6-13(7-18-8-14)11-2-4-12(5-3-11)16(17)21/h2-10H,1H3,(H2,17,21). The Labute approximate surface area is 122 Å². The second-order valence-electron chi connectivity index (χ2n) is 4.81. The van der Waals surface area contributed by atoms with E-state index in [1.165, 1.54) is 0 Å². The summed E-state index contributed by atoms with van der Waals surface area (Å²) in [7, 11) is 1.88. The van der Waals surface area contributed by atoms with E-state index in [-0.39, 0.29) is 0 Å². The Morgan fingerprint density at radius 2 is 1.67 bits per heavy atom. The van der Waals surface area contributed by atoms with E-state index in [1.807, 2.05) is 31.4 Å². The molecule has 1 amide bonds. The third kappa shape index (κ3) is 2.67. The van der Waals surface area contributed by atoms with Gasteiger partial charge in [-0.05, 0) is 23.8 Å². The molecule has 3 rings (SSSR count). The highest BCUT2D eigenvalue weighted by Crippen LogP contribution is 2.25. The SMILES string of the molecule is Cn1cc(-c2cncc(-c3ccc(C(N)=O)cc3)c2)cn1. The molecule has 0 atom stereocenters. The van der Waals surface area contributed by atoms with Gasteiger partial charge in [0, 0.05) is 47.9 Å². The minimum atomic E-state index is -0.427. The van der Waals surface area contributed by atoms with Crippen LogP contribution in [0.1, 0.15) is 10.4 Å². The van der Waals surface area contributed by atoms with E-state index >= 15 is 0 Å². The van der Waals surface area contributed by atoms with Crippen molar-refractivity contribution in [1.29, 1.82) is 0 Å². The van der Waals surface area contributed by atoms with Crippen LogP contribution in [-0.4, -0.2) is 20.7 Å². The molecule has 0 fully saturated rings. The number of hydrogen-bond donors (Lipinski definition) is 1. The van der Waals surface area contributed by atoms with Gasteiger partial charge in [0.05, 0.1) is 6.20 Å². The van der Waals surface area contributed by atoms with Crippen molar-refractivity contribution in [3.05, 3.63) is 60.7 Å². The number of amides is 1. The Kier molecular flexibility index (Phi) is 3.23. The Bertz CT molecular complexity index is 790. The molecule has 0 radical (unpaired) electrons. The molecular weight excluding hydrogens is 264 g/mol. The molecule has 2 heterocycles. The Morgan fingerprint density at radius 1 is 1.00 bits per heavy atom. The number of aryl methyl sites for hydroxylation is 1. The Balaban J connectivity index is 1.97. The molecule has 5 nitrogen and oxygen atoms in total. The zero-order valence-electron chi connectivity index (χ0n) is 11.5. The largest absolute Gasteiger partial charge is 0.366 e. The maximum atomic E-state index is 11.1. The van der Waals surface area contributed by atoms with Crippen LogP contribution in [0.15, 0.2) is 55.1 Å². The Hall–Kier alpha value is -2.95. The van der Waals surface area contributed by atoms with Gasteiger partial charge in [-0.25, -0.2) is 0 Å². The summed E-state index contributed by atoms with van der Waals surface area (Å²) in [6.07, 6.45) is 7.34. The van der Waals surface area contributed by atoms with Crippen LogP contribution in [-0.2, 0) is 7.05 Å². The average Bonchev–Trinajstić information content (AvgIpc) is 2.94. The fourth-order valence-corrected chi connectivity index (χ4v) is 2.15. The molecule has 0 unspecified atom stereocenters. The van der Waals surface area contributed by atoms with Gasteiger partial charge in [-0.1, -0.05) is 12.1 Å². The molecular formula is C16H14N4O. The van der Waals surface area contributed by atoms with Crippen molar-refractivity contribution in [2.45, 2.75) is 0 Å². The lowest BCUT2D eigenvalue weighted by Gasteiger charge is -2.04. The maximum absolute atomic E-state index is 11.1. The zero-order valence-corrected chi connectivity index (χ0v) is 11.5. The molecule has 0 aliphatic heterocycles. The first-order valence-electron chi connectivity index (χ1n) is 6.48. The minimum Gasteiger partial charge on any atom is -0.366 e. The molecule has 3 aromatic rings. The number of primary amides is 1. The van der Waals surface area contributed by atoms with Crippen molar-refractivity contribution < 1.29 is 4.79 Å². The molecule has 0 aliphatic carbocycles. The summed E-state index contributed by atoms with van der Waals surface area (Å²) in [6.45, 7) is 0. The molecule has 0 bridgehead atoms. The van der Waals surface area contributed by atoms with Crippen molar-refractivity contribution in [2.24, 2.45) is 12.8 Å². The lowest BCUT2D eigenvalue weighted by atomic mass is 10.0. The highest BCUT2D eigenvalue weighted by atomic mass is 16.1. The van der Waals surface area contributed by atoms with E-state index < -0.39 is 5.91 Å². The van der Waals surface area contributed by atoms with Crippen LogP contribution in [0.3, 0.4) is 0 Å². The maximum Gasteiger partial charge on any atom is 0.248 e.